The summed E-state index contributed by atoms with van der Waals surface area (Å²) >= 11 is 0. The van der Waals surface area contributed by atoms with Gasteiger partial charge in [-0.2, -0.15) is 0 Å². The average Bonchev–Trinajstić information content (AvgIpc) is 3.74. The lowest BCUT2D eigenvalue weighted by molar-refractivity contribution is 0.663. The van der Waals surface area contributed by atoms with Crippen LogP contribution in [0.1, 0.15) is 0 Å². The minimum atomic E-state index is 0.860. The molecule has 3 nitrogen and oxygen atoms in total. The summed E-state index contributed by atoms with van der Waals surface area (Å²) in [6, 6.07) is 62.0. The number of fused-ring (bicyclic) bond motifs is 8. The van der Waals surface area contributed by atoms with Gasteiger partial charge in [-0.1, -0.05) is 121 Å². The van der Waals surface area contributed by atoms with E-state index in [0.717, 1.165) is 72.1 Å². The van der Waals surface area contributed by atoms with E-state index in [-0.39, 0.29) is 0 Å². The van der Waals surface area contributed by atoms with Gasteiger partial charge in [0.1, 0.15) is 22.3 Å². The molecule has 0 atom stereocenters. The lowest BCUT2D eigenvalue weighted by atomic mass is 9.97. The van der Waals surface area contributed by atoms with Crippen LogP contribution in [0.25, 0.3) is 76.9 Å². The Hall–Kier alpha value is -6.58. The molecule has 2 aromatic heterocycles. The fourth-order valence-electron chi connectivity index (χ4n) is 7.42. The van der Waals surface area contributed by atoms with Crippen LogP contribution in [0, 0.1) is 0 Å². The summed E-state index contributed by atoms with van der Waals surface area (Å²) in [5, 5.41) is 6.79. The van der Waals surface area contributed by atoms with E-state index in [1.54, 1.807) is 0 Å². The molecule has 0 amide bonds. The molecule has 49 heavy (non-hydrogen) atoms. The molecule has 0 aliphatic rings. The maximum atomic E-state index is 6.45. The minimum Gasteiger partial charge on any atom is -0.456 e. The van der Waals surface area contributed by atoms with E-state index < -0.39 is 0 Å². The third-order valence-electron chi connectivity index (χ3n) is 9.68. The molecule has 0 fully saturated rings. The van der Waals surface area contributed by atoms with Crippen molar-refractivity contribution in [1.82, 2.24) is 0 Å². The van der Waals surface area contributed by atoms with Crippen molar-refractivity contribution in [3.63, 3.8) is 0 Å². The third-order valence-corrected chi connectivity index (χ3v) is 9.68. The Bertz CT molecular complexity index is 2800. The molecule has 0 N–H and O–H groups in total. The van der Waals surface area contributed by atoms with Crippen LogP contribution in [0.2, 0.25) is 0 Å². The minimum absolute atomic E-state index is 0.860. The monoisotopic (exact) mass is 627 g/mol. The van der Waals surface area contributed by atoms with Crippen LogP contribution in [0.5, 0.6) is 0 Å². The zero-order chi connectivity index (χ0) is 32.3. The summed E-state index contributed by atoms with van der Waals surface area (Å²) in [5.41, 5.74) is 11.4. The third kappa shape index (κ3) is 4.44. The zero-order valence-corrected chi connectivity index (χ0v) is 26.5. The highest BCUT2D eigenvalue weighted by Crippen LogP contribution is 2.45. The molecule has 0 saturated carbocycles. The van der Waals surface area contributed by atoms with Crippen LogP contribution in [0.15, 0.2) is 185 Å². The zero-order valence-electron chi connectivity index (χ0n) is 26.5. The summed E-state index contributed by atoms with van der Waals surface area (Å²) < 4.78 is 12.7. The van der Waals surface area contributed by atoms with Gasteiger partial charge in [0.05, 0.1) is 5.69 Å². The topological polar surface area (TPSA) is 29.5 Å². The largest absolute Gasteiger partial charge is 0.456 e. The SMILES string of the molecule is c1ccc(-c2ccc(N(c3ccc(-c4cccc5oc6ccc7oc8ccccc8c7c6c45)cc3)c3cccc4ccccc34)cc2)cc1. The number of furan rings is 2. The molecule has 10 rings (SSSR count). The number of anilines is 3. The van der Waals surface area contributed by atoms with Crippen LogP contribution >= 0.6 is 0 Å². The van der Waals surface area contributed by atoms with Crippen LogP contribution in [0.4, 0.5) is 17.1 Å². The second kappa shape index (κ2) is 11.0. The van der Waals surface area contributed by atoms with Crippen molar-refractivity contribution in [3.05, 3.63) is 176 Å². The molecule has 0 aliphatic heterocycles. The molecular formula is C46H29NO2. The summed E-state index contributed by atoms with van der Waals surface area (Å²) in [6.45, 7) is 0. The summed E-state index contributed by atoms with van der Waals surface area (Å²) in [7, 11) is 0. The lowest BCUT2D eigenvalue weighted by Gasteiger charge is -2.27. The Labute approximate surface area is 282 Å². The van der Waals surface area contributed by atoms with E-state index in [4.69, 9.17) is 8.83 Å². The predicted molar refractivity (Wildman–Crippen MR) is 204 cm³/mol. The molecule has 8 aromatic carbocycles. The van der Waals surface area contributed by atoms with E-state index in [2.05, 4.69) is 157 Å². The van der Waals surface area contributed by atoms with Crippen molar-refractivity contribution in [3.8, 4) is 22.3 Å². The number of hydrogen-bond acceptors (Lipinski definition) is 3. The molecule has 0 saturated heterocycles. The first kappa shape index (κ1) is 27.5. The van der Waals surface area contributed by atoms with Crippen LogP contribution < -0.4 is 4.90 Å². The number of rotatable bonds is 5. The van der Waals surface area contributed by atoms with Gasteiger partial charge in [0, 0.05) is 38.3 Å². The Morgan fingerprint density at radius 2 is 0.878 bits per heavy atom. The van der Waals surface area contributed by atoms with Crippen molar-refractivity contribution < 1.29 is 8.83 Å². The van der Waals surface area contributed by atoms with Gasteiger partial charge in [-0.05, 0) is 82.2 Å². The first-order chi connectivity index (χ1) is 24.3. The molecule has 230 valence electrons. The quantitative estimate of drug-likeness (QED) is 0.190. The van der Waals surface area contributed by atoms with Crippen molar-refractivity contribution in [2.75, 3.05) is 4.90 Å². The summed E-state index contributed by atoms with van der Waals surface area (Å²) in [4.78, 5) is 2.36. The maximum Gasteiger partial charge on any atom is 0.136 e. The van der Waals surface area contributed by atoms with Crippen molar-refractivity contribution in [1.29, 1.82) is 0 Å². The molecule has 3 heteroatoms. The second-order valence-electron chi connectivity index (χ2n) is 12.5. The van der Waals surface area contributed by atoms with Crippen molar-refractivity contribution in [2.24, 2.45) is 0 Å². The van der Waals surface area contributed by atoms with Gasteiger partial charge < -0.3 is 13.7 Å². The second-order valence-corrected chi connectivity index (χ2v) is 12.5. The molecule has 0 spiro atoms. The number of para-hydroxylation sites is 1. The maximum absolute atomic E-state index is 6.45. The van der Waals surface area contributed by atoms with Crippen LogP contribution in [-0.4, -0.2) is 0 Å². The lowest BCUT2D eigenvalue weighted by Crippen LogP contribution is -2.10. The highest BCUT2D eigenvalue weighted by Gasteiger charge is 2.20. The van der Waals surface area contributed by atoms with E-state index in [1.165, 1.54) is 21.9 Å². The van der Waals surface area contributed by atoms with E-state index in [1.807, 2.05) is 24.3 Å². The van der Waals surface area contributed by atoms with Crippen LogP contribution in [0.3, 0.4) is 0 Å². The fraction of sp³-hybridized carbons (Fsp3) is 0. The summed E-state index contributed by atoms with van der Waals surface area (Å²) in [5.74, 6) is 0. The molecule has 0 unspecified atom stereocenters. The molecule has 10 aromatic rings. The van der Waals surface area contributed by atoms with Gasteiger partial charge in [-0.3, -0.25) is 0 Å². The fourth-order valence-corrected chi connectivity index (χ4v) is 7.42. The Kier molecular flexibility index (Phi) is 6.18. The van der Waals surface area contributed by atoms with E-state index in [0.29, 0.717) is 0 Å². The molecule has 0 aliphatic carbocycles. The first-order valence-corrected chi connectivity index (χ1v) is 16.6. The highest BCUT2D eigenvalue weighted by atomic mass is 16.3. The van der Waals surface area contributed by atoms with E-state index >= 15 is 0 Å². The predicted octanol–water partition coefficient (Wildman–Crippen LogP) is 13.4. The molecule has 0 radical (unpaired) electrons. The van der Waals surface area contributed by atoms with Gasteiger partial charge in [-0.15, -0.1) is 0 Å². The molecular weight excluding hydrogens is 599 g/mol. The normalized spacial score (nSPS) is 11.7. The average molecular weight is 628 g/mol. The van der Waals surface area contributed by atoms with Crippen LogP contribution in [-0.2, 0) is 0 Å². The van der Waals surface area contributed by atoms with Gasteiger partial charge in [0.15, 0.2) is 0 Å². The number of nitrogens with zero attached hydrogens (tertiary/aromatic N) is 1. The van der Waals surface area contributed by atoms with Gasteiger partial charge >= 0.3 is 0 Å². The van der Waals surface area contributed by atoms with Crippen molar-refractivity contribution in [2.45, 2.75) is 0 Å². The Morgan fingerprint density at radius 1 is 0.327 bits per heavy atom. The summed E-state index contributed by atoms with van der Waals surface area (Å²) in [6.07, 6.45) is 0. The molecule has 0 bridgehead atoms. The van der Waals surface area contributed by atoms with Gasteiger partial charge in [0.2, 0.25) is 0 Å². The van der Waals surface area contributed by atoms with Gasteiger partial charge in [-0.25, -0.2) is 0 Å². The number of benzene rings is 8. The first-order valence-electron chi connectivity index (χ1n) is 16.6. The molecule has 2 heterocycles. The number of hydrogen-bond donors (Lipinski definition) is 0. The van der Waals surface area contributed by atoms with E-state index in [9.17, 15) is 0 Å². The Morgan fingerprint density at radius 3 is 1.67 bits per heavy atom. The Balaban J connectivity index is 1.14. The smallest absolute Gasteiger partial charge is 0.136 e. The van der Waals surface area contributed by atoms with Crippen molar-refractivity contribution >= 4 is 71.7 Å². The standard InChI is InChI=1S/C46H29NO2/c1-2-10-30(11-3-1)31-20-24-34(25-21-31)47(39-17-8-13-32-12-4-5-14-36(32)39)35-26-22-33(23-27-35)37-16-9-19-41-44(37)46-43(49-41)29-28-42-45(46)38-15-6-7-18-40(38)48-42/h1-29H. The van der Waals surface area contributed by atoms with Gasteiger partial charge in [0.25, 0.3) is 0 Å². The highest BCUT2D eigenvalue weighted by molar-refractivity contribution is 6.28.